The molecule has 0 aliphatic rings. The van der Waals surface area contributed by atoms with Gasteiger partial charge in [-0.3, -0.25) is 0 Å². The van der Waals surface area contributed by atoms with Gasteiger partial charge in [0.25, 0.3) is 0 Å². The lowest BCUT2D eigenvalue weighted by molar-refractivity contribution is 0.245. The summed E-state index contributed by atoms with van der Waals surface area (Å²) in [4.78, 5) is 2.10. The fraction of sp³-hybridized carbons (Fsp3) is 0.250. The first-order chi connectivity index (χ1) is 8.56. The quantitative estimate of drug-likeness (QED) is 0.891. The molecule has 2 nitrogen and oxygen atoms in total. The molecule has 0 aliphatic carbocycles. The highest BCUT2D eigenvalue weighted by Crippen LogP contribution is 2.22. The van der Waals surface area contributed by atoms with Crippen molar-refractivity contribution in [2.75, 3.05) is 19.0 Å². The first-order valence-corrected chi connectivity index (χ1v) is 6.13. The molecule has 0 fully saturated rings. The summed E-state index contributed by atoms with van der Waals surface area (Å²) in [6, 6.07) is 12.7. The third-order valence-electron chi connectivity index (χ3n) is 2.93. The van der Waals surface area contributed by atoms with Crippen molar-refractivity contribution in [2.24, 2.45) is 0 Å². The van der Waals surface area contributed by atoms with Crippen molar-refractivity contribution in [1.82, 2.24) is 0 Å². The van der Waals surface area contributed by atoms with Crippen LogP contribution < -0.4 is 4.90 Å². The number of aliphatic hydroxyl groups excluding tert-OH is 1. The summed E-state index contributed by atoms with van der Waals surface area (Å²) in [7, 11) is 4.09. The Balaban J connectivity index is 2.38. The average Bonchev–Trinajstić information content (AvgIpc) is 2.35. The number of rotatable bonds is 3. The molecule has 2 rings (SSSR count). The number of fused-ring (bicyclic) bond motifs is 1. The number of aliphatic hydroxyl groups is 1. The second kappa shape index (κ2) is 5.23. The van der Waals surface area contributed by atoms with Gasteiger partial charge in [-0.15, -0.1) is 0 Å². The van der Waals surface area contributed by atoms with Gasteiger partial charge in [0.2, 0.25) is 0 Å². The molecule has 1 N–H and O–H groups in total. The van der Waals surface area contributed by atoms with Crippen molar-refractivity contribution in [3.63, 3.8) is 0 Å². The van der Waals surface area contributed by atoms with Gasteiger partial charge in [0.15, 0.2) is 0 Å². The fourth-order valence-electron chi connectivity index (χ4n) is 1.88. The van der Waals surface area contributed by atoms with E-state index >= 15 is 0 Å². The van der Waals surface area contributed by atoms with E-state index in [9.17, 15) is 5.11 Å². The summed E-state index contributed by atoms with van der Waals surface area (Å²) in [5.74, 6) is 0. The van der Waals surface area contributed by atoms with Crippen molar-refractivity contribution in [1.29, 1.82) is 0 Å². The zero-order valence-corrected chi connectivity index (χ0v) is 11.1. The summed E-state index contributed by atoms with van der Waals surface area (Å²) >= 11 is 0. The normalized spacial score (nSPS) is 13.1. The summed E-state index contributed by atoms with van der Waals surface area (Å²) in [6.07, 6.45) is 3.33. The van der Waals surface area contributed by atoms with E-state index in [4.69, 9.17) is 0 Å². The molecule has 0 bridgehead atoms. The predicted octanol–water partition coefficient (Wildman–Crippen LogP) is 3.30. The first kappa shape index (κ1) is 12.7. The molecule has 0 spiro atoms. The monoisotopic (exact) mass is 241 g/mol. The van der Waals surface area contributed by atoms with E-state index in [1.165, 1.54) is 16.5 Å². The second-order valence-corrected chi connectivity index (χ2v) is 4.79. The third-order valence-corrected chi connectivity index (χ3v) is 2.93. The lowest BCUT2D eigenvalue weighted by Crippen LogP contribution is -2.07. The molecule has 94 valence electrons. The maximum absolute atomic E-state index is 9.23. The molecule has 0 amide bonds. The van der Waals surface area contributed by atoms with Gasteiger partial charge in [0, 0.05) is 19.8 Å². The minimum absolute atomic E-state index is 0.406. The lowest BCUT2D eigenvalue weighted by Gasteiger charge is -2.13. The van der Waals surface area contributed by atoms with Crippen LogP contribution >= 0.6 is 0 Å². The fourth-order valence-corrected chi connectivity index (χ4v) is 1.88. The molecule has 1 atom stereocenters. The molecule has 0 aromatic heterocycles. The van der Waals surface area contributed by atoms with E-state index in [2.05, 4.69) is 41.3 Å². The molecular formula is C16H19NO. The minimum atomic E-state index is -0.406. The van der Waals surface area contributed by atoms with E-state index in [1.807, 2.05) is 20.2 Å². The maximum atomic E-state index is 9.23. The van der Waals surface area contributed by atoms with Gasteiger partial charge in [-0.25, -0.2) is 0 Å². The first-order valence-electron chi connectivity index (χ1n) is 6.13. The lowest BCUT2D eigenvalue weighted by atomic mass is 10.1. The molecule has 0 saturated carbocycles. The second-order valence-electron chi connectivity index (χ2n) is 4.79. The molecule has 0 heterocycles. The van der Waals surface area contributed by atoms with Crippen LogP contribution in [0.15, 0.2) is 42.5 Å². The van der Waals surface area contributed by atoms with Gasteiger partial charge in [0.1, 0.15) is 0 Å². The Morgan fingerprint density at radius 2 is 1.72 bits per heavy atom. The highest BCUT2D eigenvalue weighted by Gasteiger charge is 1.99. The standard InChI is InChI=1S/C16H19NO/c1-12(18)4-5-13-6-7-15-11-16(17(2)3)9-8-14(15)10-13/h4-12,18H,1-3H3/b5-4+. The van der Waals surface area contributed by atoms with Crippen LogP contribution in [-0.4, -0.2) is 25.3 Å². The number of hydrogen-bond acceptors (Lipinski definition) is 2. The largest absolute Gasteiger partial charge is 0.389 e. The molecule has 0 aliphatic heterocycles. The zero-order chi connectivity index (χ0) is 13.1. The Bertz CT molecular complexity index is 570. The van der Waals surface area contributed by atoms with E-state index in [0.717, 1.165) is 5.56 Å². The van der Waals surface area contributed by atoms with Gasteiger partial charge < -0.3 is 10.0 Å². The Morgan fingerprint density at radius 3 is 2.39 bits per heavy atom. The van der Waals surface area contributed by atoms with Crippen molar-refractivity contribution in [3.8, 4) is 0 Å². The molecule has 1 unspecified atom stereocenters. The van der Waals surface area contributed by atoms with Gasteiger partial charge in [0.05, 0.1) is 6.10 Å². The summed E-state index contributed by atoms with van der Waals surface area (Å²) in [5, 5.41) is 11.7. The van der Waals surface area contributed by atoms with E-state index in [1.54, 1.807) is 13.0 Å². The number of nitrogens with zero attached hydrogens (tertiary/aromatic N) is 1. The summed E-state index contributed by atoms with van der Waals surface area (Å²) in [5.41, 5.74) is 2.32. The average molecular weight is 241 g/mol. The van der Waals surface area contributed by atoms with Gasteiger partial charge >= 0.3 is 0 Å². The number of hydrogen-bond donors (Lipinski definition) is 1. The SMILES string of the molecule is CC(O)/C=C/c1ccc2cc(N(C)C)ccc2c1. The van der Waals surface area contributed by atoms with Crippen molar-refractivity contribution in [3.05, 3.63) is 48.0 Å². The molecule has 0 radical (unpaired) electrons. The Kier molecular flexibility index (Phi) is 3.68. The Morgan fingerprint density at radius 1 is 1.06 bits per heavy atom. The third kappa shape index (κ3) is 2.90. The number of benzene rings is 2. The van der Waals surface area contributed by atoms with Crippen LogP contribution in [-0.2, 0) is 0 Å². The van der Waals surface area contributed by atoms with E-state index in [-0.39, 0.29) is 0 Å². The highest BCUT2D eigenvalue weighted by atomic mass is 16.3. The van der Waals surface area contributed by atoms with Crippen LogP contribution in [0.4, 0.5) is 5.69 Å². The number of anilines is 1. The molecule has 2 heteroatoms. The van der Waals surface area contributed by atoms with Crippen molar-refractivity contribution < 1.29 is 5.11 Å². The van der Waals surface area contributed by atoms with Crippen molar-refractivity contribution >= 4 is 22.5 Å². The summed E-state index contributed by atoms with van der Waals surface area (Å²) < 4.78 is 0. The Labute approximate surface area is 108 Å². The van der Waals surface area contributed by atoms with Gasteiger partial charge in [-0.2, -0.15) is 0 Å². The van der Waals surface area contributed by atoms with E-state index in [0.29, 0.717) is 0 Å². The molecule has 2 aromatic carbocycles. The molecular weight excluding hydrogens is 222 g/mol. The molecule has 2 aromatic rings. The zero-order valence-electron chi connectivity index (χ0n) is 11.1. The van der Waals surface area contributed by atoms with Gasteiger partial charge in [-0.05, 0) is 41.5 Å². The summed E-state index contributed by atoms with van der Waals surface area (Å²) in [6.45, 7) is 1.75. The van der Waals surface area contributed by atoms with Crippen LogP contribution in [0, 0.1) is 0 Å². The van der Waals surface area contributed by atoms with E-state index < -0.39 is 6.10 Å². The molecule has 0 saturated heterocycles. The van der Waals surface area contributed by atoms with Crippen molar-refractivity contribution in [2.45, 2.75) is 13.0 Å². The van der Waals surface area contributed by atoms with Crippen LogP contribution in [0.2, 0.25) is 0 Å². The van der Waals surface area contributed by atoms with Gasteiger partial charge in [-0.1, -0.05) is 30.4 Å². The Hall–Kier alpha value is -1.80. The predicted molar refractivity (Wildman–Crippen MR) is 79.0 cm³/mol. The topological polar surface area (TPSA) is 23.5 Å². The molecule has 18 heavy (non-hydrogen) atoms. The minimum Gasteiger partial charge on any atom is -0.389 e. The van der Waals surface area contributed by atoms with Crippen LogP contribution in [0.5, 0.6) is 0 Å². The van der Waals surface area contributed by atoms with Crippen LogP contribution in [0.1, 0.15) is 12.5 Å². The maximum Gasteiger partial charge on any atom is 0.0696 e. The van der Waals surface area contributed by atoms with Crippen LogP contribution in [0.3, 0.4) is 0 Å². The van der Waals surface area contributed by atoms with Crippen LogP contribution in [0.25, 0.3) is 16.8 Å². The highest BCUT2D eigenvalue weighted by molar-refractivity contribution is 5.87. The smallest absolute Gasteiger partial charge is 0.0696 e.